The van der Waals surface area contributed by atoms with Crippen molar-refractivity contribution in [1.29, 1.82) is 0 Å². The molecule has 0 aromatic carbocycles. The van der Waals surface area contributed by atoms with E-state index in [1.54, 1.807) is 0 Å². The summed E-state index contributed by atoms with van der Waals surface area (Å²) in [6, 6.07) is 0. The van der Waals surface area contributed by atoms with E-state index in [4.69, 9.17) is 10.2 Å². The standard InChI is InChI=1S/C6H11NO3/c8-3-5(6(9)10)4-1-7-2-4/h4-5,7-8H,1-3H2,(H,9,10). The summed E-state index contributed by atoms with van der Waals surface area (Å²) in [5.74, 6) is -1.34. The number of hydrogen-bond acceptors (Lipinski definition) is 3. The van der Waals surface area contributed by atoms with Crippen molar-refractivity contribution in [2.45, 2.75) is 0 Å². The Kier molecular flexibility index (Phi) is 2.24. The monoisotopic (exact) mass is 145 g/mol. The van der Waals surface area contributed by atoms with Crippen LogP contribution < -0.4 is 5.32 Å². The molecule has 0 saturated carbocycles. The topological polar surface area (TPSA) is 69.6 Å². The SMILES string of the molecule is O=C(O)C(CO)C1CNC1. The van der Waals surface area contributed by atoms with E-state index in [-0.39, 0.29) is 12.5 Å². The van der Waals surface area contributed by atoms with E-state index in [1.807, 2.05) is 0 Å². The highest BCUT2D eigenvalue weighted by molar-refractivity contribution is 5.70. The summed E-state index contributed by atoms with van der Waals surface area (Å²) in [7, 11) is 0. The molecule has 58 valence electrons. The largest absolute Gasteiger partial charge is 0.481 e. The molecule has 1 saturated heterocycles. The first-order chi connectivity index (χ1) is 4.75. The van der Waals surface area contributed by atoms with Crippen LogP contribution in [0.1, 0.15) is 0 Å². The molecule has 0 aromatic rings. The van der Waals surface area contributed by atoms with Gasteiger partial charge in [-0.05, 0) is 5.92 Å². The minimum atomic E-state index is -0.894. The lowest BCUT2D eigenvalue weighted by atomic mass is 9.88. The maximum Gasteiger partial charge on any atom is 0.309 e. The smallest absolute Gasteiger partial charge is 0.309 e. The van der Waals surface area contributed by atoms with Crippen molar-refractivity contribution in [3.8, 4) is 0 Å². The third-order valence-electron chi connectivity index (χ3n) is 1.90. The lowest BCUT2D eigenvalue weighted by Crippen LogP contribution is -2.49. The molecular formula is C6H11NO3. The number of carbonyl (C=O) groups is 1. The van der Waals surface area contributed by atoms with Crippen LogP contribution in [0.15, 0.2) is 0 Å². The summed E-state index contributed by atoms with van der Waals surface area (Å²) < 4.78 is 0. The predicted molar refractivity (Wildman–Crippen MR) is 34.6 cm³/mol. The summed E-state index contributed by atoms with van der Waals surface area (Å²) in [4.78, 5) is 10.4. The summed E-state index contributed by atoms with van der Waals surface area (Å²) in [5, 5.41) is 20.1. The first-order valence-electron chi connectivity index (χ1n) is 3.30. The Hall–Kier alpha value is -0.610. The average molecular weight is 145 g/mol. The molecule has 1 fully saturated rings. The van der Waals surface area contributed by atoms with Gasteiger partial charge in [-0.15, -0.1) is 0 Å². The second-order valence-corrected chi connectivity index (χ2v) is 2.55. The van der Waals surface area contributed by atoms with Crippen LogP contribution in [0.3, 0.4) is 0 Å². The Morgan fingerprint density at radius 1 is 1.70 bits per heavy atom. The van der Waals surface area contributed by atoms with Crippen molar-refractivity contribution >= 4 is 5.97 Å². The van der Waals surface area contributed by atoms with Crippen LogP contribution in [0.2, 0.25) is 0 Å². The lowest BCUT2D eigenvalue weighted by molar-refractivity contribution is -0.146. The fourth-order valence-electron chi connectivity index (χ4n) is 1.02. The second kappa shape index (κ2) is 2.98. The van der Waals surface area contributed by atoms with Crippen molar-refractivity contribution in [2.75, 3.05) is 19.7 Å². The first-order valence-corrected chi connectivity index (χ1v) is 3.30. The number of hydrogen-bond donors (Lipinski definition) is 3. The van der Waals surface area contributed by atoms with Crippen LogP contribution in [-0.2, 0) is 4.79 Å². The minimum absolute atomic E-state index is 0.127. The Labute approximate surface area is 58.9 Å². The average Bonchev–Trinajstić information content (AvgIpc) is 1.76. The predicted octanol–water partition coefficient (Wildman–Crippen LogP) is -1.10. The zero-order valence-corrected chi connectivity index (χ0v) is 5.58. The third-order valence-corrected chi connectivity index (χ3v) is 1.90. The van der Waals surface area contributed by atoms with E-state index in [0.717, 1.165) is 13.1 Å². The van der Waals surface area contributed by atoms with Crippen LogP contribution in [0, 0.1) is 11.8 Å². The summed E-state index contributed by atoms with van der Waals surface area (Å²) in [6.45, 7) is 1.19. The molecule has 0 bridgehead atoms. The van der Waals surface area contributed by atoms with Crippen LogP contribution in [0.25, 0.3) is 0 Å². The van der Waals surface area contributed by atoms with Gasteiger partial charge in [0, 0.05) is 13.1 Å². The van der Waals surface area contributed by atoms with E-state index in [9.17, 15) is 4.79 Å². The Balaban J connectivity index is 2.39. The first kappa shape index (κ1) is 7.50. The van der Waals surface area contributed by atoms with E-state index < -0.39 is 11.9 Å². The van der Waals surface area contributed by atoms with Crippen LogP contribution in [-0.4, -0.2) is 35.9 Å². The number of nitrogens with one attached hydrogen (secondary N) is 1. The zero-order valence-electron chi connectivity index (χ0n) is 5.58. The van der Waals surface area contributed by atoms with Gasteiger partial charge in [-0.2, -0.15) is 0 Å². The fourth-order valence-corrected chi connectivity index (χ4v) is 1.02. The molecule has 1 unspecified atom stereocenters. The molecule has 0 aliphatic carbocycles. The maximum absolute atomic E-state index is 10.4. The van der Waals surface area contributed by atoms with Crippen molar-refractivity contribution in [1.82, 2.24) is 5.32 Å². The van der Waals surface area contributed by atoms with Gasteiger partial charge < -0.3 is 15.5 Å². The second-order valence-electron chi connectivity index (χ2n) is 2.55. The third kappa shape index (κ3) is 1.27. The molecule has 1 atom stereocenters. The quantitative estimate of drug-likeness (QED) is 0.471. The van der Waals surface area contributed by atoms with Gasteiger partial charge in [-0.1, -0.05) is 0 Å². The number of aliphatic hydroxyl groups excluding tert-OH is 1. The summed E-state index contributed by atoms with van der Waals surface area (Å²) in [6.07, 6.45) is 0. The van der Waals surface area contributed by atoms with Gasteiger partial charge >= 0.3 is 5.97 Å². The fraction of sp³-hybridized carbons (Fsp3) is 0.833. The number of rotatable bonds is 3. The number of carboxylic acids is 1. The number of aliphatic hydroxyl groups is 1. The van der Waals surface area contributed by atoms with Gasteiger partial charge in [0.2, 0.25) is 0 Å². The number of aliphatic carboxylic acids is 1. The van der Waals surface area contributed by atoms with Crippen molar-refractivity contribution in [2.24, 2.45) is 11.8 Å². The van der Waals surface area contributed by atoms with Gasteiger partial charge in [0.15, 0.2) is 0 Å². The Morgan fingerprint density at radius 3 is 2.40 bits per heavy atom. The molecular weight excluding hydrogens is 134 g/mol. The van der Waals surface area contributed by atoms with Crippen LogP contribution >= 0.6 is 0 Å². The molecule has 1 heterocycles. The van der Waals surface area contributed by atoms with Crippen LogP contribution in [0.4, 0.5) is 0 Å². The molecule has 3 N–H and O–H groups in total. The van der Waals surface area contributed by atoms with Crippen molar-refractivity contribution in [3.05, 3.63) is 0 Å². The summed E-state index contributed by atoms with van der Waals surface area (Å²) >= 11 is 0. The minimum Gasteiger partial charge on any atom is -0.481 e. The van der Waals surface area contributed by atoms with E-state index >= 15 is 0 Å². The van der Waals surface area contributed by atoms with E-state index in [1.165, 1.54) is 0 Å². The molecule has 4 heteroatoms. The molecule has 1 aliphatic heterocycles. The van der Waals surface area contributed by atoms with Crippen molar-refractivity contribution in [3.63, 3.8) is 0 Å². The molecule has 0 spiro atoms. The highest BCUT2D eigenvalue weighted by Gasteiger charge is 2.31. The maximum atomic E-state index is 10.4. The van der Waals surface area contributed by atoms with Gasteiger partial charge in [0.05, 0.1) is 12.5 Å². The van der Waals surface area contributed by atoms with E-state index in [0.29, 0.717) is 0 Å². The lowest BCUT2D eigenvalue weighted by Gasteiger charge is -2.31. The normalized spacial score (nSPS) is 21.7. The highest BCUT2D eigenvalue weighted by atomic mass is 16.4. The highest BCUT2D eigenvalue weighted by Crippen LogP contribution is 2.15. The van der Waals surface area contributed by atoms with Gasteiger partial charge in [-0.3, -0.25) is 4.79 Å². The molecule has 10 heavy (non-hydrogen) atoms. The molecule has 0 amide bonds. The summed E-state index contributed by atoms with van der Waals surface area (Å²) in [5.41, 5.74) is 0. The van der Waals surface area contributed by atoms with Gasteiger partial charge in [0.1, 0.15) is 0 Å². The molecule has 1 aliphatic rings. The zero-order chi connectivity index (χ0) is 7.56. The van der Waals surface area contributed by atoms with Crippen LogP contribution in [0.5, 0.6) is 0 Å². The molecule has 0 aromatic heterocycles. The Bertz CT molecular complexity index is 133. The number of carboxylic acid groups (broad SMARTS) is 1. The van der Waals surface area contributed by atoms with Crippen molar-refractivity contribution < 1.29 is 15.0 Å². The molecule has 0 radical (unpaired) electrons. The molecule has 1 rings (SSSR count). The van der Waals surface area contributed by atoms with Gasteiger partial charge in [-0.25, -0.2) is 0 Å². The van der Waals surface area contributed by atoms with Gasteiger partial charge in [0.25, 0.3) is 0 Å². The Morgan fingerprint density at radius 2 is 2.30 bits per heavy atom. The molecule has 4 nitrogen and oxygen atoms in total. The van der Waals surface area contributed by atoms with E-state index in [2.05, 4.69) is 5.32 Å².